The minimum absolute atomic E-state index is 0.664. The maximum Gasteiger partial charge on any atom is 0.101 e. The maximum absolute atomic E-state index is 9.11. The fourth-order valence-electron chi connectivity index (χ4n) is 1.81. The average Bonchev–Trinajstić information content (AvgIpc) is 2.62. The standard InChI is InChI=1S/C14H15N3/c1-10-4-7-14(13(8-10)9-15)16-17-11(2)5-6-12(17)3/h4-8,16H,1-3H3. The Morgan fingerprint density at radius 2 is 1.71 bits per heavy atom. The Morgan fingerprint density at radius 3 is 2.29 bits per heavy atom. The highest BCUT2D eigenvalue weighted by atomic mass is 15.4. The molecule has 1 aromatic heterocycles. The van der Waals surface area contributed by atoms with Gasteiger partial charge in [-0.25, -0.2) is 0 Å². The van der Waals surface area contributed by atoms with Gasteiger partial charge < -0.3 is 0 Å². The molecule has 0 saturated heterocycles. The summed E-state index contributed by atoms with van der Waals surface area (Å²) in [7, 11) is 0. The van der Waals surface area contributed by atoms with Gasteiger partial charge >= 0.3 is 0 Å². The summed E-state index contributed by atoms with van der Waals surface area (Å²) in [6.07, 6.45) is 0. The first-order chi connectivity index (χ1) is 8.11. The second-order valence-electron chi connectivity index (χ2n) is 4.22. The van der Waals surface area contributed by atoms with Crippen LogP contribution in [0.5, 0.6) is 0 Å². The van der Waals surface area contributed by atoms with Crippen LogP contribution in [0.25, 0.3) is 0 Å². The van der Waals surface area contributed by atoms with Crippen LogP contribution in [-0.4, -0.2) is 4.68 Å². The third-order valence-corrected chi connectivity index (χ3v) is 2.80. The van der Waals surface area contributed by atoms with Crippen LogP contribution in [0.2, 0.25) is 0 Å². The molecule has 0 amide bonds. The first-order valence-electron chi connectivity index (χ1n) is 5.54. The molecule has 1 aromatic carbocycles. The van der Waals surface area contributed by atoms with E-state index >= 15 is 0 Å². The molecule has 2 rings (SSSR count). The van der Waals surface area contributed by atoms with Crippen LogP contribution in [0.4, 0.5) is 5.69 Å². The minimum Gasteiger partial charge on any atom is -0.293 e. The van der Waals surface area contributed by atoms with Crippen molar-refractivity contribution in [3.05, 3.63) is 52.8 Å². The van der Waals surface area contributed by atoms with E-state index in [0.717, 1.165) is 22.6 Å². The van der Waals surface area contributed by atoms with Crippen LogP contribution >= 0.6 is 0 Å². The van der Waals surface area contributed by atoms with Gasteiger partial charge in [-0.05, 0) is 50.6 Å². The van der Waals surface area contributed by atoms with E-state index in [1.165, 1.54) is 0 Å². The monoisotopic (exact) mass is 225 g/mol. The van der Waals surface area contributed by atoms with Crippen molar-refractivity contribution < 1.29 is 0 Å². The normalized spacial score (nSPS) is 10.0. The van der Waals surface area contributed by atoms with E-state index in [0.29, 0.717) is 5.56 Å². The van der Waals surface area contributed by atoms with Crippen LogP contribution in [0, 0.1) is 32.1 Å². The molecule has 0 spiro atoms. The highest BCUT2D eigenvalue weighted by molar-refractivity contribution is 5.58. The lowest BCUT2D eigenvalue weighted by atomic mass is 10.1. The first-order valence-corrected chi connectivity index (χ1v) is 5.54. The van der Waals surface area contributed by atoms with Gasteiger partial charge in [0.1, 0.15) is 6.07 Å². The molecule has 0 aliphatic heterocycles. The molecule has 3 nitrogen and oxygen atoms in total. The molecule has 0 bridgehead atoms. The molecule has 1 heterocycles. The molecular weight excluding hydrogens is 210 g/mol. The molecule has 0 fully saturated rings. The zero-order valence-electron chi connectivity index (χ0n) is 10.3. The average molecular weight is 225 g/mol. The van der Waals surface area contributed by atoms with Crippen molar-refractivity contribution in [1.82, 2.24) is 4.68 Å². The molecular formula is C14H15N3. The predicted molar refractivity (Wildman–Crippen MR) is 68.8 cm³/mol. The SMILES string of the molecule is Cc1ccc(Nn2c(C)ccc2C)c(C#N)c1. The first kappa shape index (κ1) is 11.3. The Morgan fingerprint density at radius 1 is 1.06 bits per heavy atom. The van der Waals surface area contributed by atoms with Crippen LogP contribution in [0.1, 0.15) is 22.5 Å². The Hall–Kier alpha value is -2.21. The molecule has 2 aromatic rings. The predicted octanol–water partition coefficient (Wildman–Crippen LogP) is 3.16. The third-order valence-electron chi connectivity index (χ3n) is 2.80. The van der Waals surface area contributed by atoms with Gasteiger partial charge in [-0.2, -0.15) is 5.26 Å². The fraction of sp³-hybridized carbons (Fsp3) is 0.214. The number of aryl methyl sites for hydroxylation is 3. The number of hydrogen-bond donors (Lipinski definition) is 1. The van der Waals surface area contributed by atoms with Crippen molar-refractivity contribution in [2.24, 2.45) is 0 Å². The van der Waals surface area contributed by atoms with E-state index in [-0.39, 0.29) is 0 Å². The quantitative estimate of drug-likeness (QED) is 0.852. The smallest absolute Gasteiger partial charge is 0.101 e. The molecule has 0 saturated carbocycles. The highest BCUT2D eigenvalue weighted by Gasteiger charge is 2.05. The van der Waals surface area contributed by atoms with Gasteiger partial charge in [-0.15, -0.1) is 0 Å². The van der Waals surface area contributed by atoms with E-state index in [1.54, 1.807) is 0 Å². The highest BCUT2D eigenvalue weighted by Crippen LogP contribution is 2.18. The van der Waals surface area contributed by atoms with Gasteiger partial charge in [0.15, 0.2) is 0 Å². The lowest BCUT2D eigenvalue weighted by Crippen LogP contribution is -2.13. The van der Waals surface area contributed by atoms with Crippen LogP contribution < -0.4 is 5.43 Å². The minimum atomic E-state index is 0.664. The topological polar surface area (TPSA) is 40.8 Å². The Kier molecular flexibility index (Phi) is 2.88. The van der Waals surface area contributed by atoms with Crippen molar-refractivity contribution >= 4 is 5.69 Å². The molecule has 0 radical (unpaired) electrons. The number of anilines is 1. The zero-order chi connectivity index (χ0) is 12.4. The molecule has 0 aliphatic rings. The zero-order valence-corrected chi connectivity index (χ0v) is 10.3. The van der Waals surface area contributed by atoms with E-state index < -0.39 is 0 Å². The lowest BCUT2D eigenvalue weighted by molar-refractivity contribution is 0.880. The molecule has 0 atom stereocenters. The molecule has 3 heteroatoms. The number of benzene rings is 1. The second-order valence-corrected chi connectivity index (χ2v) is 4.22. The lowest BCUT2D eigenvalue weighted by Gasteiger charge is -2.14. The Bertz CT molecular complexity index is 569. The maximum atomic E-state index is 9.11. The van der Waals surface area contributed by atoms with Gasteiger partial charge in [0.05, 0.1) is 11.3 Å². The molecule has 17 heavy (non-hydrogen) atoms. The van der Waals surface area contributed by atoms with Crippen LogP contribution in [-0.2, 0) is 0 Å². The molecule has 1 N–H and O–H groups in total. The van der Waals surface area contributed by atoms with Gasteiger partial charge in [-0.3, -0.25) is 10.1 Å². The second kappa shape index (κ2) is 4.34. The summed E-state index contributed by atoms with van der Waals surface area (Å²) in [6.45, 7) is 6.04. The summed E-state index contributed by atoms with van der Waals surface area (Å²) in [5.41, 5.74) is 8.09. The number of nitrogens with one attached hydrogen (secondary N) is 1. The van der Waals surface area contributed by atoms with E-state index in [9.17, 15) is 0 Å². The number of rotatable bonds is 2. The summed E-state index contributed by atoms with van der Waals surface area (Å²) in [4.78, 5) is 0. The van der Waals surface area contributed by atoms with Crippen molar-refractivity contribution in [2.45, 2.75) is 20.8 Å². The Balaban J connectivity index is 2.40. The fourth-order valence-corrected chi connectivity index (χ4v) is 1.81. The van der Waals surface area contributed by atoms with E-state index in [4.69, 9.17) is 5.26 Å². The molecule has 0 aliphatic carbocycles. The number of aromatic nitrogens is 1. The van der Waals surface area contributed by atoms with E-state index in [2.05, 4.69) is 11.5 Å². The number of nitriles is 1. The van der Waals surface area contributed by atoms with Crippen molar-refractivity contribution in [2.75, 3.05) is 5.43 Å². The van der Waals surface area contributed by atoms with Crippen molar-refractivity contribution in [1.29, 1.82) is 5.26 Å². The molecule has 0 unspecified atom stereocenters. The van der Waals surface area contributed by atoms with E-state index in [1.807, 2.05) is 55.8 Å². The summed E-state index contributed by atoms with van der Waals surface area (Å²) >= 11 is 0. The summed E-state index contributed by atoms with van der Waals surface area (Å²) in [6, 6.07) is 12.1. The third kappa shape index (κ3) is 2.16. The van der Waals surface area contributed by atoms with Gasteiger partial charge in [0.25, 0.3) is 0 Å². The number of nitrogens with zero attached hydrogens (tertiary/aromatic N) is 2. The van der Waals surface area contributed by atoms with Gasteiger partial charge in [0, 0.05) is 11.4 Å². The van der Waals surface area contributed by atoms with Crippen molar-refractivity contribution in [3.63, 3.8) is 0 Å². The summed E-state index contributed by atoms with van der Waals surface area (Å²) in [5.74, 6) is 0. The van der Waals surface area contributed by atoms with Gasteiger partial charge in [-0.1, -0.05) is 6.07 Å². The largest absolute Gasteiger partial charge is 0.293 e. The van der Waals surface area contributed by atoms with Gasteiger partial charge in [0.2, 0.25) is 0 Å². The summed E-state index contributed by atoms with van der Waals surface area (Å²) < 4.78 is 1.98. The number of hydrogen-bond acceptors (Lipinski definition) is 2. The van der Waals surface area contributed by atoms with Crippen LogP contribution in [0.3, 0.4) is 0 Å². The van der Waals surface area contributed by atoms with Crippen LogP contribution in [0.15, 0.2) is 30.3 Å². The summed E-state index contributed by atoms with van der Waals surface area (Å²) in [5, 5.41) is 9.11. The molecule has 86 valence electrons. The van der Waals surface area contributed by atoms with Crippen molar-refractivity contribution in [3.8, 4) is 6.07 Å². The Labute approximate surface area is 101 Å².